The summed E-state index contributed by atoms with van der Waals surface area (Å²) in [4.78, 5) is 17.8. The van der Waals surface area contributed by atoms with E-state index in [0.29, 0.717) is 35.0 Å². The van der Waals surface area contributed by atoms with Gasteiger partial charge in [-0.05, 0) is 69.0 Å². The summed E-state index contributed by atoms with van der Waals surface area (Å²) < 4.78 is 5.99. The number of piperidine rings is 1. The Balaban J connectivity index is 1.38. The fraction of sp³-hybridized carbons (Fsp3) is 0.458. The number of para-hydroxylation sites is 1. The van der Waals surface area contributed by atoms with Gasteiger partial charge in [-0.25, -0.2) is 0 Å². The van der Waals surface area contributed by atoms with Crippen molar-refractivity contribution >= 4 is 17.5 Å². The summed E-state index contributed by atoms with van der Waals surface area (Å²) in [6.45, 7) is 5.59. The summed E-state index contributed by atoms with van der Waals surface area (Å²) in [5, 5.41) is 0.705. The molecule has 0 unspecified atom stereocenters. The van der Waals surface area contributed by atoms with E-state index in [0.717, 1.165) is 31.5 Å². The smallest absolute Gasteiger partial charge is 0.257 e. The Hall–Kier alpha value is -2.04. The lowest BCUT2D eigenvalue weighted by atomic mass is 10.0. The zero-order valence-electron chi connectivity index (χ0n) is 17.0. The van der Waals surface area contributed by atoms with Gasteiger partial charge in [0, 0.05) is 30.2 Å². The maximum atomic E-state index is 13.2. The van der Waals surface area contributed by atoms with Crippen LogP contribution in [0, 0.1) is 0 Å². The number of likely N-dealkylation sites (tertiary alicyclic amines) is 2. The minimum atomic E-state index is 0.0737. The molecular formula is C24H29ClN2O2. The van der Waals surface area contributed by atoms with Gasteiger partial charge in [-0.15, -0.1) is 0 Å². The number of carbonyl (C=O) groups is 1. The second kappa shape index (κ2) is 9.19. The van der Waals surface area contributed by atoms with Crippen molar-refractivity contribution in [3.8, 4) is 5.75 Å². The molecule has 5 heteroatoms. The first kappa shape index (κ1) is 20.2. The lowest BCUT2D eigenvalue weighted by Crippen LogP contribution is -2.47. The molecule has 2 heterocycles. The monoisotopic (exact) mass is 412 g/mol. The molecule has 1 amide bonds. The summed E-state index contributed by atoms with van der Waals surface area (Å²) in [6.07, 6.45) is 4.73. The van der Waals surface area contributed by atoms with Gasteiger partial charge in [0.15, 0.2) is 0 Å². The third-order valence-corrected chi connectivity index (χ3v) is 6.50. The number of amides is 1. The molecule has 0 saturated carbocycles. The van der Waals surface area contributed by atoms with Crippen LogP contribution in [0.1, 0.15) is 48.5 Å². The summed E-state index contributed by atoms with van der Waals surface area (Å²) >= 11 is 5.95. The van der Waals surface area contributed by atoms with Crippen molar-refractivity contribution in [2.24, 2.45) is 0 Å². The zero-order valence-corrected chi connectivity index (χ0v) is 17.8. The first-order valence-corrected chi connectivity index (χ1v) is 11.0. The van der Waals surface area contributed by atoms with Crippen LogP contribution in [0.3, 0.4) is 0 Å². The molecule has 2 aromatic rings. The Morgan fingerprint density at radius 1 is 1.03 bits per heavy atom. The van der Waals surface area contributed by atoms with Gasteiger partial charge in [0.1, 0.15) is 12.4 Å². The van der Waals surface area contributed by atoms with Crippen LogP contribution in [0.25, 0.3) is 0 Å². The van der Waals surface area contributed by atoms with Crippen LogP contribution in [0.5, 0.6) is 5.75 Å². The molecule has 29 heavy (non-hydrogen) atoms. The van der Waals surface area contributed by atoms with E-state index in [1.54, 1.807) is 0 Å². The topological polar surface area (TPSA) is 32.8 Å². The number of carbonyl (C=O) groups excluding carboxylic acids is 1. The second-order valence-corrected chi connectivity index (χ2v) is 8.60. The van der Waals surface area contributed by atoms with Crippen LogP contribution < -0.4 is 4.74 Å². The van der Waals surface area contributed by atoms with Gasteiger partial charge < -0.3 is 9.64 Å². The fourth-order valence-electron chi connectivity index (χ4n) is 4.58. The highest BCUT2D eigenvalue weighted by Crippen LogP contribution is 2.28. The molecule has 2 aromatic carbocycles. The number of hydrogen-bond donors (Lipinski definition) is 0. The molecule has 0 spiro atoms. The Bertz CT molecular complexity index is 831. The molecule has 1 atom stereocenters. The first-order chi connectivity index (χ1) is 14.1. The number of ether oxygens (including phenoxy) is 1. The van der Waals surface area contributed by atoms with Crippen molar-refractivity contribution in [2.45, 2.75) is 51.3 Å². The van der Waals surface area contributed by atoms with Crippen LogP contribution >= 0.6 is 11.6 Å². The Morgan fingerprint density at radius 2 is 1.76 bits per heavy atom. The highest BCUT2D eigenvalue weighted by molar-refractivity contribution is 6.30. The normalized spacial score (nSPS) is 20.8. The maximum absolute atomic E-state index is 13.2. The first-order valence-electron chi connectivity index (χ1n) is 10.6. The van der Waals surface area contributed by atoms with Gasteiger partial charge in [0.05, 0.1) is 5.56 Å². The van der Waals surface area contributed by atoms with Crippen molar-refractivity contribution in [1.82, 2.24) is 9.80 Å². The molecule has 2 aliphatic heterocycles. The summed E-state index contributed by atoms with van der Waals surface area (Å²) in [5.41, 5.74) is 1.67. The van der Waals surface area contributed by atoms with Gasteiger partial charge >= 0.3 is 0 Å². The molecule has 2 aliphatic rings. The minimum Gasteiger partial charge on any atom is -0.488 e. The third kappa shape index (κ3) is 4.76. The number of benzene rings is 2. The highest BCUT2D eigenvalue weighted by atomic mass is 35.5. The van der Waals surface area contributed by atoms with Gasteiger partial charge in [-0.1, -0.05) is 35.9 Å². The number of rotatable bonds is 5. The average molecular weight is 413 g/mol. The lowest BCUT2D eigenvalue weighted by molar-refractivity contribution is 0.0607. The third-order valence-electron chi connectivity index (χ3n) is 6.25. The largest absolute Gasteiger partial charge is 0.488 e. The molecular weight excluding hydrogens is 384 g/mol. The van der Waals surface area contributed by atoms with Crippen molar-refractivity contribution in [3.63, 3.8) is 0 Å². The van der Waals surface area contributed by atoms with Crippen molar-refractivity contribution in [1.29, 1.82) is 0 Å². The van der Waals surface area contributed by atoms with E-state index in [1.807, 2.05) is 53.4 Å². The van der Waals surface area contributed by atoms with Crippen LogP contribution in [0.4, 0.5) is 0 Å². The molecule has 0 radical (unpaired) electrons. The highest BCUT2D eigenvalue weighted by Gasteiger charge is 2.32. The number of halogens is 1. The van der Waals surface area contributed by atoms with Crippen LogP contribution in [0.15, 0.2) is 48.5 Å². The van der Waals surface area contributed by atoms with Crippen molar-refractivity contribution in [3.05, 3.63) is 64.7 Å². The Labute approximate surface area is 178 Å². The van der Waals surface area contributed by atoms with E-state index < -0.39 is 0 Å². The van der Waals surface area contributed by atoms with Crippen LogP contribution in [-0.4, -0.2) is 47.4 Å². The quantitative estimate of drug-likeness (QED) is 0.692. The summed E-state index contributed by atoms with van der Waals surface area (Å²) in [6, 6.07) is 16.4. The van der Waals surface area contributed by atoms with Gasteiger partial charge in [-0.2, -0.15) is 0 Å². The van der Waals surface area contributed by atoms with Crippen LogP contribution in [0.2, 0.25) is 5.02 Å². The molecule has 0 bridgehead atoms. The van der Waals surface area contributed by atoms with E-state index in [2.05, 4.69) is 11.8 Å². The SMILES string of the molecule is C[C@H]1CCCN1C1CCN(C(=O)c2ccccc2OCc2ccc(Cl)cc2)CC1. The predicted molar refractivity (Wildman–Crippen MR) is 117 cm³/mol. The van der Waals surface area contributed by atoms with E-state index in [1.165, 1.54) is 19.4 Å². The molecule has 0 aliphatic carbocycles. The van der Waals surface area contributed by atoms with Gasteiger partial charge in [-0.3, -0.25) is 9.69 Å². The number of nitrogens with zero attached hydrogens (tertiary/aromatic N) is 2. The molecule has 2 fully saturated rings. The Kier molecular flexibility index (Phi) is 6.41. The van der Waals surface area contributed by atoms with E-state index in [9.17, 15) is 4.79 Å². The standard InChI is InChI=1S/C24H29ClN2O2/c1-18-5-4-14-27(18)21-12-15-26(16-13-21)24(28)22-6-2-3-7-23(22)29-17-19-8-10-20(25)11-9-19/h2-3,6-11,18,21H,4-5,12-17H2,1H3/t18-/m0/s1. The fourth-order valence-corrected chi connectivity index (χ4v) is 4.71. The van der Waals surface area contributed by atoms with E-state index in [4.69, 9.17) is 16.3 Å². The molecule has 154 valence electrons. The predicted octanol–water partition coefficient (Wildman–Crippen LogP) is 5.01. The molecule has 4 nitrogen and oxygen atoms in total. The molecule has 0 aromatic heterocycles. The van der Waals surface area contributed by atoms with Gasteiger partial charge in [0.2, 0.25) is 0 Å². The van der Waals surface area contributed by atoms with Crippen molar-refractivity contribution in [2.75, 3.05) is 19.6 Å². The molecule has 4 rings (SSSR count). The minimum absolute atomic E-state index is 0.0737. The average Bonchev–Trinajstić information content (AvgIpc) is 3.19. The number of hydrogen-bond acceptors (Lipinski definition) is 3. The molecule has 2 saturated heterocycles. The van der Waals surface area contributed by atoms with E-state index >= 15 is 0 Å². The zero-order chi connectivity index (χ0) is 20.2. The summed E-state index contributed by atoms with van der Waals surface area (Å²) in [7, 11) is 0. The van der Waals surface area contributed by atoms with Crippen molar-refractivity contribution < 1.29 is 9.53 Å². The molecule has 0 N–H and O–H groups in total. The summed E-state index contributed by atoms with van der Waals surface area (Å²) in [5.74, 6) is 0.715. The lowest BCUT2D eigenvalue weighted by Gasteiger charge is -2.38. The van der Waals surface area contributed by atoms with Crippen LogP contribution in [-0.2, 0) is 6.61 Å². The van der Waals surface area contributed by atoms with E-state index in [-0.39, 0.29) is 5.91 Å². The second-order valence-electron chi connectivity index (χ2n) is 8.16. The van der Waals surface area contributed by atoms with Gasteiger partial charge in [0.25, 0.3) is 5.91 Å². The maximum Gasteiger partial charge on any atom is 0.257 e. The Morgan fingerprint density at radius 3 is 2.45 bits per heavy atom.